The average molecular weight is 222 g/mol. The quantitative estimate of drug-likeness (QED) is 0.850. The van der Waals surface area contributed by atoms with Crippen LogP contribution >= 0.6 is 11.3 Å². The van der Waals surface area contributed by atoms with Crippen LogP contribution in [0.4, 0.5) is 0 Å². The molecule has 15 heavy (non-hydrogen) atoms. The molecule has 0 bridgehead atoms. The van der Waals surface area contributed by atoms with Gasteiger partial charge in [0.25, 0.3) is 0 Å². The lowest BCUT2D eigenvalue weighted by molar-refractivity contribution is 0.535. The summed E-state index contributed by atoms with van der Waals surface area (Å²) in [6.07, 6.45) is 2.79. The summed E-state index contributed by atoms with van der Waals surface area (Å²) in [5.41, 5.74) is 2.46. The van der Waals surface area contributed by atoms with Crippen molar-refractivity contribution < 1.29 is 0 Å². The van der Waals surface area contributed by atoms with Crippen molar-refractivity contribution in [3.63, 3.8) is 0 Å². The van der Waals surface area contributed by atoms with Gasteiger partial charge in [-0.05, 0) is 35.9 Å². The van der Waals surface area contributed by atoms with Crippen LogP contribution in [0.2, 0.25) is 0 Å². The van der Waals surface area contributed by atoms with Gasteiger partial charge in [-0.15, -0.1) is 5.10 Å². The minimum absolute atomic E-state index is 0.277. The highest BCUT2D eigenvalue weighted by molar-refractivity contribution is 7.07. The molecule has 1 atom stereocenters. The molecule has 0 radical (unpaired) electrons. The molecule has 1 N–H and O–H groups in total. The van der Waals surface area contributed by atoms with Crippen molar-refractivity contribution in [1.29, 1.82) is 0 Å². The lowest BCUT2D eigenvalue weighted by atomic mass is 10.1. The summed E-state index contributed by atoms with van der Waals surface area (Å²) < 4.78 is 1.81. The Hall–Kier alpha value is -1.20. The van der Waals surface area contributed by atoms with Gasteiger partial charge < -0.3 is 5.32 Å². The molecule has 2 aromatic rings. The predicted molar refractivity (Wildman–Crippen MR) is 60.8 cm³/mol. The van der Waals surface area contributed by atoms with Crippen molar-refractivity contribution in [2.75, 3.05) is 7.05 Å². The van der Waals surface area contributed by atoms with E-state index in [4.69, 9.17) is 0 Å². The predicted octanol–water partition coefficient (Wildman–Crippen LogP) is 1.38. The minimum atomic E-state index is 0.277. The SMILES string of the molecule is CNC(Cc1ccsc1)c1cnnn1C. The van der Waals surface area contributed by atoms with Crippen molar-refractivity contribution in [3.8, 4) is 0 Å². The van der Waals surface area contributed by atoms with Gasteiger partial charge >= 0.3 is 0 Å². The Morgan fingerprint density at radius 2 is 2.47 bits per heavy atom. The van der Waals surface area contributed by atoms with Crippen LogP contribution in [0.3, 0.4) is 0 Å². The maximum atomic E-state index is 3.94. The molecule has 0 amide bonds. The molecule has 0 aromatic carbocycles. The van der Waals surface area contributed by atoms with Crippen molar-refractivity contribution in [2.45, 2.75) is 12.5 Å². The van der Waals surface area contributed by atoms with Gasteiger partial charge in [-0.1, -0.05) is 5.21 Å². The Labute approximate surface area is 92.9 Å². The second-order valence-corrected chi connectivity index (χ2v) is 4.24. The smallest absolute Gasteiger partial charge is 0.0756 e. The molecule has 80 valence electrons. The molecule has 4 nitrogen and oxygen atoms in total. The zero-order valence-corrected chi connectivity index (χ0v) is 9.66. The number of hydrogen-bond donors (Lipinski definition) is 1. The molecule has 0 aliphatic carbocycles. The van der Waals surface area contributed by atoms with Crippen LogP contribution in [0.15, 0.2) is 23.0 Å². The molecule has 2 aromatic heterocycles. The second kappa shape index (κ2) is 4.55. The van der Waals surface area contributed by atoms with E-state index >= 15 is 0 Å². The number of aryl methyl sites for hydroxylation is 1. The van der Waals surface area contributed by atoms with Gasteiger partial charge in [-0.2, -0.15) is 11.3 Å². The van der Waals surface area contributed by atoms with Crippen molar-refractivity contribution in [1.82, 2.24) is 20.3 Å². The van der Waals surface area contributed by atoms with Crippen LogP contribution in [0.1, 0.15) is 17.3 Å². The van der Waals surface area contributed by atoms with Crippen LogP contribution < -0.4 is 5.32 Å². The molecular weight excluding hydrogens is 208 g/mol. The molecule has 0 fully saturated rings. The third-order valence-corrected chi connectivity index (χ3v) is 3.21. The Bertz CT molecular complexity index is 407. The number of aromatic nitrogens is 3. The summed E-state index contributed by atoms with van der Waals surface area (Å²) in [4.78, 5) is 0. The fourth-order valence-corrected chi connectivity index (χ4v) is 2.29. The molecule has 0 aliphatic rings. The van der Waals surface area contributed by atoms with Gasteiger partial charge in [0.1, 0.15) is 0 Å². The number of nitrogens with zero attached hydrogens (tertiary/aromatic N) is 3. The third kappa shape index (κ3) is 2.24. The first-order chi connectivity index (χ1) is 7.31. The van der Waals surface area contributed by atoms with Gasteiger partial charge in [-0.3, -0.25) is 4.68 Å². The van der Waals surface area contributed by atoms with Crippen LogP contribution in [-0.2, 0) is 13.5 Å². The Balaban J connectivity index is 2.15. The molecule has 0 saturated carbocycles. The largest absolute Gasteiger partial charge is 0.311 e. The highest BCUT2D eigenvalue weighted by Crippen LogP contribution is 2.18. The van der Waals surface area contributed by atoms with E-state index in [9.17, 15) is 0 Å². The topological polar surface area (TPSA) is 42.7 Å². The summed E-state index contributed by atoms with van der Waals surface area (Å²) in [6, 6.07) is 2.43. The fraction of sp³-hybridized carbons (Fsp3) is 0.400. The lowest BCUT2D eigenvalue weighted by Gasteiger charge is -2.14. The van der Waals surface area contributed by atoms with E-state index in [1.165, 1.54) is 5.56 Å². The maximum absolute atomic E-state index is 3.94. The number of hydrogen-bond acceptors (Lipinski definition) is 4. The number of rotatable bonds is 4. The fourth-order valence-electron chi connectivity index (χ4n) is 1.61. The van der Waals surface area contributed by atoms with Crippen molar-refractivity contribution >= 4 is 11.3 Å². The summed E-state index contributed by atoms with van der Waals surface area (Å²) in [7, 11) is 3.88. The van der Waals surface area contributed by atoms with E-state index in [1.54, 1.807) is 11.3 Å². The zero-order chi connectivity index (χ0) is 10.7. The Morgan fingerprint density at radius 1 is 1.60 bits per heavy atom. The van der Waals surface area contributed by atoms with Gasteiger partial charge in [0.05, 0.1) is 17.9 Å². The summed E-state index contributed by atoms with van der Waals surface area (Å²) in [5, 5.41) is 15.4. The molecule has 0 spiro atoms. The summed E-state index contributed by atoms with van der Waals surface area (Å²) >= 11 is 1.73. The lowest BCUT2D eigenvalue weighted by Crippen LogP contribution is -2.21. The van der Waals surface area contributed by atoms with Gasteiger partial charge in [0.15, 0.2) is 0 Å². The Kier molecular flexibility index (Phi) is 3.13. The number of thiophene rings is 1. The van der Waals surface area contributed by atoms with E-state index in [1.807, 2.05) is 25.0 Å². The third-order valence-electron chi connectivity index (χ3n) is 2.47. The van der Waals surface area contributed by atoms with E-state index in [0.29, 0.717) is 0 Å². The van der Waals surface area contributed by atoms with Crippen molar-refractivity contribution in [2.24, 2.45) is 7.05 Å². The van der Waals surface area contributed by atoms with E-state index in [2.05, 4.69) is 32.5 Å². The van der Waals surface area contributed by atoms with Gasteiger partial charge in [0.2, 0.25) is 0 Å². The minimum Gasteiger partial charge on any atom is -0.311 e. The van der Waals surface area contributed by atoms with Gasteiger partial charge in [0, 0.05) is 7.05 Å². The molecule has 0 saturated heterocycles. The zero-order valence-electron chi connectivity index (χ0n) is 8.84. The monoisotopic (exact) mass is 222 g/mol. The first-order valence-electron chi connectivity index (χ1n) is 4.84. The first-order valence-corrected chi connectivity index (χ1v) is 5.78. The van der Waals surface area contributed by atoms with Gasteiger partial charge in [-0.25, -0.2) is 0 Å². The van der Waals surface area contributed by atoms with Crippen LogP contribution in [0, 0.1) is 0 Å². The van der Waals surface area contributed by atoms with E-state index < -0.39 is 0 Å². The molecule has 1 unspecified atom stereocenters. The summed E-state index contributed by atoms with van der Waals surface area (Å²) in [5.74, 6) is 0. The van der Waals surface area contributed by atoms with Crippen LogP contribution in [0.25, 0.3) is 0 Å². The van der Waals surface area contributed by atoms with Crippen LogP contribution in [-0.4, -0.2) is 22.0 Å². The van der Waals surface area contributed by atoms with E-state index in [0.717, 1.165) is 12.1 Å². The summed E-state index contributed by atoms with van der Waals surface area (Å²) in [6.45, 7) is 0. The van der Waals surface area contributed by atoms with Crippen LogP contribution in [0.5, 0.6) is 0 Å². The molecule has 5 heteroatoms. The number of likely N-dealkylation sites (N-methyl/N-ethyl adjacent to an activating group) is 1. The van der Waals surface area contributed by atoms with Crippen molar-refractivity contribution in [3.05, 3.63) is 34.3 Å². The molecule has 2 heterocycles. The molecule has 2 rings (SSSR count). The average Bonchev–Trinajstić information content (AvgIpc) is 2.85. The Morgan fingerprint density at radius 3 is 3.00 bits per heavy atom. The first kappa shape index (κ1) is 10.3. The molecule has 0 aliphatic heterocycles. The second-order valence-electron chi connectivity index (χ2n) is 3.46. The highest BCUT2D eigenvalue weighted by Gasteiger charge is 2.14. The van der Waals surface area contributed by atoms with E-state index in [-0.39, 0.29) is 6.04 Å². The number of nitrogens with one attached hydrogen (secondary N) is 1. The normalized spacial score (nSPS) is 12.9. The molecular formula is C10H14N4S. The highest BCUT2D eigenvalue weighted by atomic mass is 32.1. The maximum Gasteiger partial charge on any atom is 0.0756 e. The standard InChI is InChI=1S/C10H14N4S/c1-11-9(5-8-3-4-15-7-8)10-6-12-13-14(10)2/h3-4,6-7,9,11H,5H2,1-2H3.